The number of aliphatic hydroxyl groups is 1. The van der Waals surface area contributed by atoms with Crippen LogP contribution in [0.15, 0.2) is 36.4 Å². The maximum absolute atomic E-state index is 11.5. The molecule has 0 saturated carbocycles. The van der Waals surface area contributed by atoms with E-state index in [-0.39, 0.29) is 19.1 Å². The molecular weight excluding hydrogens is 352 g/mol. The minimum absolute atomic E-state index is 0.0128. The Morgan fingerprint density at radius 3 is 2.61 bits per heavy atom. The Hall–Kier alpha value is -1.65. The van der Waals surface area contributed by atoms with Crippen LogP contribution in [0.5, 0.6) is 0 Å². The van der Waals surface area contributed by atoms with Gasteiger partial charge in [-0.3, -0.25) is 0 Å². The molecule has 1 aromatic rings. The first-order valence-corrected chi connectivity index (χ1v) is 10.7. The number of benzene rings is 1. The molecule has 1 aliphatic rings. The Morgan fingerprint density at radius 1 is 1.29 bits per heavy atom. The van der Waals surface area contributed by atoms with Crippen LogP contribution in [0, 0.1) is 5.92 Å². The number of aliphatic hydroxyl groups excluding tert-OH is 1. The molecule has 2 rings (SSSR count). The molecule has 1 aromatic carbocycles. The Kier molecular flexibility index (Phi) is 9.72. The molecule has 1 aliphatic heterocycles. The van der Waals surface area contributed by atoms with Crippen LogP contribution in [0.2, 0.25) is 0 Å². The van der Waals surface area contributed by atoms with Crippen molar-refractivity contribution >= 4 is 5.97 Å². The minimum Gasteiger partial charge on any atom is -0.462 e. The summed E-state index contributed by atoms with van der Waals surface area (Å²) >= 11 is 0. The molecule has 4 nitrogen and oxygen atoms in total. The van der Waals surface area contributed by atoms with E-state index >= 15 is 0 Å². The first kappa shape index (κ1) is 22.6. The predicted molar refractivity (Wildman–Crippen MR) is 112 cm³/mol. The highest BCUT2D eigenvalue weighted by atomic mass is 16.5. The van der Waals surface area contributed by atoms with Gasteiger partial charge in [0, 0.05) is 24.0 Å². The Morgan fingerprint density at radius 2 is 2.04 bits per heavy atom. The summed E-state index contributed by atoms with van der Waals surface area (Å²) in [6.45, 7) is 8.44. The Balaban J connectivity index is 1.79. The molecule has 28 heavy (non-hydrogen) atoms. The summed E-state index contributed by atoms with van der Waals surface area (Å²) in [4.78, 5) is 11.5. The zero-order valence-electron chi connectivity index (χ0n) is 17.5. The van der Waals surface area contributed by atoms with Gasteiger partial charge >= 0.3 is 5.97 Å². The molecule has 0 aromatic heterocycles. The number of carbonyl (C=O) groups is 1. The topological polar surface area (TPSA) is 55.8 Å². The highest BCUT2D eigenvalue weighted by molar-refractivity contribution is 5.86. The second-order valence-electron chi connectivity index (χ2n) is 8.10. The molecule has 1 fully saturated rings. The van der Waals surface area contributed by atoms with Crippen LogP contribution in [0.25, 0.3) is 0 Å². The van der Waals surface area contributed by atoms with E-state index in [4.69, 9.17) is 9.47 Å². The van der Waals surface area contributed by atoms with E-state index in [1.165, 1.54) is 37.7 Å². The van der Waals surface area contributed by atoms with E-state index in [9.17, 15) is 9.90 Å². The smallest absolute Gasteiger partial charge is 0.333 e. The van der Waals surface area contributed by atoms with Gasteiger partial charge in [-0.05, 0) is 43.7 Å². The number of carbonyl (C=O) groups excluding carboxylic acids is 1. The molecule has 1 saturated heterocycles. The Labute approximate surface area is 169 Å². The van der Waals surface area contributed by atoms with Crippen molar-refractivity contribution in [3.8, 4) is 0 Å². The third-order valence-corrected chi connectivity index (χ3v) is 5.53. The second-order valence-corrected chi connectivity index (χ2v) is 8.10. The van der Waals surface area contributed by atoms with Crippen molar-refractivity contribution in [1.82, 2.24) is 0 Å². The van der Waals surface area contributed by atoms with Gasteiger partial charge in [-0.2, -0.15) is 0 Å². The van der Waals surface area contributed by atoms with Gasteiger partial charge in [-0.1, -0.05) is 57.0 Å². The molecule has 0 amide bonds. The fraction of sp³-hybridized carbons (Fsp3) is 0.625. The van der Waals surface area contributed by atoms with E-state index in [1.807, 2.05) is 0 Å². The van der Waals surface area contributed by atoms with E-state index in [0.29, 0.717) is 24.0 Å². The first-order valence-electron chi connectivity index (χ1n) is 10.7. The van der Waals surface area contributed by atoms with Crippen molar-refractivity contribution in [2.75, 3.05) is 19.8 Å². The van der Waals surface area contributed by atoms with Crippen molar-refractivity contribution in [3.63, 3.8) is 0 Å². The summed E-state index contributed by atoms with van der Waals surface area (Å²) in [5, 5.41) is 9.57. The van der Waals surface area contributed by atoms with Crippen LogP contribution < -0.4 is 0 Å². The third-order valence-electron chi connectivity index (χ3n) is 5.53. The van der Waals surface area contributed by atoms with Gasteiger partial charge in [0.2, 0.25) is 0 Å². The zero-order chi connectivity index (χ0) is 20.4. The van der Waals surface area contributed by atoms with Crippen LogP contribution in [0.4, 0.5) is 0 Å². The molecule has 3 unspecified atom stereocenters. The van der Waals surface area contributed by atoms with Gasteiger partial charge in [-0.15, -0.1) is 0 Å². The Bertz CT molecular complexity index is 600. The van der Waals surface area contributed by atoms with Crippen LogP contribution >= 0.6 is 0 Å². The summed E-state index contributed by atoms with van der Waals surface area (Å²) in [5.41, 5.74) is 2.84. The molecule has 0 bridgehead atoms. The molecule has 0 radical (unpaired) electrons. The van der Waals surface area contributed by atoms with E-state index in [0.717, 1.165) is 18.6 Å². The van der Waals surface area contributed by atoms with Gasteiger partial charge in [0.25, 0.3) is 0 Å². The van der Waals surface area contributed by atoms with Gasteiger partial charge < -0.3 is 14.6 Å². The van der Waals surface area contributed by atoms with Crippen LogP contribution in [0.3, 0.4) is 0 Å². The van der Waals surface area contributed by atoms with Crippen molar-refractivity contribution < 1.29 is 19.4 Å². The fourth-order valence-corrected chi connectivity index (χ4v) is 3.67. The van der Waals surface area contributed by atoms with E-state index in [2.05, 4.69) is 37.8 Å². The minimum atomic E-state index is -0.404. The number of hydrogen-bond donors (Lipinski definition) is 1. The third kappa shape index (κ3) is 7.40. The van der Waals surface area contributed by atoms with Crippen molar-refractivity contribution in [2.45, 2.75) is 70.8 Å². The summed E-state index contributed by atoms with van der Waals surface area (Å²) in [6.07, 6.45) is 8.48. The van der Waals surface area contributed by atoms with Crippen molar-refractivity contribution in [1.29, 1.82) is 0 Å². The zero-order valence-corrected chi connectivity index (χ0v) is 17.5. The number of hydrogen-bond acceptors (Lipinski definition) is 4. The molecule has 0 spiro atoms. The van der Waals surface area contributed by atoms with Crippen molar-refractivity contribution in [3.05, 3.63) is 47.5 Å². The monoisotopic (exact) mass is 388 g/mol. The summed E-state index contributed by atoms with van der Waals surface area (Å²) in [7, 11) is 0. The maximum atomic E-state index is 11.5. The standard InChI is InChI=1S/C24H36O4/c1-4-5-6-7-23-13-12-22(17-27-23)21-10-8-19(9-11-21)14-20(15-25)16-28-24(26)18(2)3/h8-11,20,22-23,25H,2,4-7,12-17H2,1,3H3. The molecule has 4 heteroatoms. The number of unbranched alkanes of at least 4 members (excludes halogenated alkanes) is 2. The molecular formula is C24H36O4. The second kappa shape index (κ2) is 12.0. The summed E-state index contributed by atoms with van der Waals surface area (Å²) in [5.74, 6) is -0.0308. The van der Waals surface area contributed by atoms with Crippen LogP contribution in [0.1, 0.15) is 69.4 Å². The lowest BCUT2D eigenvalue weighted by Gasteiger charge is -2.29. The quantitative estimate of drug-likeness (QED) is 0.336. The van der Waals surface area contributed by atoms with Gasteiger partial charge in [0.1, 0.15) is 0 Å². The predicted octanol–water partition coefficient (Wildman–Crippen LogP) is 4.80. The van der Waals surface area contributed by atoms with Crippen molar-refractivity contribution in [2.24, 2.45) is 5.92 Å². The van der Waals surface area contributed by atoms with Gasteiger partial charge in [0.05, 0.1) is 19.3 Å². The summed E-state index contributed by atoms with van der Waals surface area (Å²) < 4.78 is 11.3. The van der Waals surface area contributed by atoms with Crippen LogP contribution in [-0.4, -0.2) is 37.0 Å². The fourth-order valence-electron chi connectivity index (χ4n) is 3.67. The lowest BCUT2D eigenvalue weighted by molar-refractivity contribution is -0.140. The maximum Gasteiger partial charge on any atom is 0.333 e. The normalized spacial score (nSPS) is 20.5. The SMILES string of the molecule is C=C(C)C(=O)OCC(CO)Cc1ccc(C2CCC(CCCCC)OC2)cc1. The lowest BCUT2D eigenvalue weighted by atomic mass is 9.89. The van der Waals surface area contributed by atoms with Gasteiger partial charge in [0.15, 0.2) is 0 Å². The molecule has 1 N–H and O–H groups in total. The highest BCUT2D eigenvalue weighted by Crippen LogP contribution is 2.30. The highest BCUT2D eigenvalue weighted by Gasteiger charge is 2.22. The molecule has 0 aliphatic carbocycles. The molecule has 156 valence electrons. The average molecular weight is 389 g/mol. The number of esters is 1. The summed E-state index contributed by atoms with van der Waals surface area (Å²) in [6, 6.07) is 8.59. The first-order chi connectivity index (χ1) is 13.5. The molecule has 3 atom stereocenters. The van der Waals surface area contributed by atoms with E-state index in [1.54, 1.807) is 6.92 Å². The number of ether oxygens (including phenoxy) is 2. The van der Waals surface area contributed by atoms with Gasteiger partial charge in [-0.25, -0.2) is 4.79 Å². The van der Waals surface area contributed by atoms with E-state index < -0.39 is 5.97 Å². The lowest BCUT2D eigenvalue weighted by Crippen LogP contribution is -2.24. The largest absolute Gasteiger partial charge is 0.462 e. The molecule has 1 heterocycles. The van der Waals surface area contributed by atoms with Crippen LogP contribution in [-0.2, 0) is 20.7 Å². The number of rotatable bonds is 11. The average Bonchev–Trinajstić information content (AvgIpc) is 2.72.